The van der Waals surface area contributed by atoms with Crippen LogP contribution in [0.15, 0.2) is 52.9 Å². The summed E-state index contributed by atoms with van der Waals surface area (Å²) in [4.78, 5) is 22.2. The van der Waals surface area contributed by atoms with E-state index in [1.165, 1.54) is 0 Å². The highest BCUT2D eigenvalue weighted by Gasteiger charge is 2.34. The number of aliphatic hydroxyl groups is 1. The number of ether oxygens (including phenoxy) is 2. The molecule has 1 unspecified atom stereocenters. The van der Waals surface area contributed by atoms with Crippen LogP contribution >= 0.6 is 0 Å². The van der Waals surface area contributed by atoms with Gasteiger partial charge in [-0.05, 0) is 38.5 Å². The molecule has 0 spiro atoms. The van der Waals surface area contributed by atoms with E-state index in [1.807, 2.05) is 55.5 Å². The molecule has 0 radical (unpaired) electrons. The number of fused-ring (bicyclic) bond motifs is 2. The summed E-state index contributed by atoms with van der Waals surface area (Å²) in [7, 11) is 0. The van der Waals surface area contributed by atoms with Gasteiger partial charge in [0.25, 0.3) is 0 Å². The summed E-state index contributed by atoms with van der Waals surface area (Å²) in [5, 5.41) is 11.0. The second-order valence-electron chi connectivity index (χ2n) is 7.12. The number of Topliss-reactive ketones (excluding diaryl/α,β-unsaturated/α-hetero) is 1. The summed E-state index contributed by atoms with van der Waals surface area (Å²) in [6.45, 7) is 6.03. The van der Waals surface area contributed by atoms with Crippen LogP contribution in [-0.4, -0.2) is 40.4 Å². The predicted molar refractivity (Wildman–Crippen MR) is 116 cm³/mol. The molecule has 7 heteroatoms. The van der Waals surface area contributed by atoms with Gasteiger partial charge in [0.1, 0.15) is 5.52 Å². The quantitative estimate of drug-likeness (QED) is 0.423. The SMILES string of the molecule is CCOC(OCC)C(=O)C(O)c1oc2nc3ccccc3nc2c1-c1ccc(C)cc1. The standard InChI is InChI=1S/C24H24N2O5/c1-4-29-24(30-5-2)21(28)20(27)22-18(15-12-10-14(3)11-13-15)19-23(31-22)26-17-9-7-6-8-16(17)25-19/h6-13,20,24,27H,4-5H2,1-3H3. The molecular formula is C24H24N2O5. The van der Waals surface area contributed by atoms with E-state index in [2.05, 4.69) is 4.98 Å². The van der Waals surface area contributed by atoms with Crippen molar-refractivity contribution in [3.8, 4) is 11.1 Å². The van der Waals surface area contributed by atoms with Gasteiger partial charge in [-0.15, -0.1) is 0 Å². The lowest BCUT2D eigenvalue weighted by Gasteiger charge is -2.18. The normalized spacial score (nSPS) is 12.7. The summed E-state index contributed by atoms with van der Waals surface area (Å²) in [5.41, 5.74) is 4.46. The van der Waals surface area contributed by atoms with Gasteiger partial charge in [-0.25, -0.2) is 9.97 Å². The first-order valence-electron chi connectivity index (χ1n) is 10.2. The molecule has 7 nitrogen and oxygen atoms in total. The van der Waals surface area contributed by atoms with Crippen molar-refractivity contribution in [1.82, 2.24) is 9.97 Å². The Kier molecular flexibility index (Phi) is 6.08. The van der Waals surface area contributed by atoms with Crippen LogP contribution < -0.4 is 0 Å². The van der Waals surface area contributed by atoms with E-state index in [1.54, 1.807) is 13.8 Å². The number of hydrogen-bond acceptors (Lipinski definition) is 7. The fourth-order valence-corrected chi connectivity index (χ4v) is 3.45. The molecule has 31 heavy (non-hydrogen) atoms. The van der Waals surface area contributed by atoms with Crippen molar-refractivity contribution >= 4 is 28.0 Å². The highest BCUT2D eigenvalue weighted by Crippen LogP contribution is 2.38. The fraction of sp³-hybridized carbons (Fsp3) is 0.292. The largest absolute Gasteiger partial charge is 0.437 e. The first-order valence-corrected chi connectivity index (χ1v) is 10.2. The molecule has 0 amide bonds. The van der Waals surface area contributed by atoms with Crippen LogP contribution in [0.2, 0.25) is 0 Å². The van der Waals surface area contributed by atoms with Crippen LogP contribution in [0.4, 0.5) is 0 Å². The molecule has 160 valence electrons. The van der Waals surface area contributed by atoms with E-state index >= 15 is 0 Å². The molecule has 2 heterocycles. The lowest BCUT2D eigenvalue weighted by Crippen LogP contribution is -2.32. The number of aryl methyl sites for hydroxylation is 1. The lowest BCUT2D eigenvalue weighted by molar-refractivity contribution is -0.176. The fourth-order valence-electron chi connectivity index (χ4n) is 3.45. The minimum atomic E-state index is -1.60. The third kappa shape index (κ3) is 4.07. The topological polar surface area (TPSA) is 94.7 Å². The van der Waals surface area contributed by atoms with Gasteiger partial charge < -0.3 is 19.0 Å². The van der Waals surface area contributed by atoms with E-state index in [0.29, 0.717) is 22.1 Å². The molecular weight excluding hydrogens is 396 g/mol. The molecule has 0 aliphatic carbocycles. The van der Waals surface area contributed by atoms with Crippen molar-refractivity contribution in [3.05, 3.63) is 59.9 Å². The average Bonchev–Trinajstić information content (AvgIpc) is 3.15. The van der Waals surface area contributed by atoms with Gasteiger partial charge in [0, 0.05) is 13.2 Å². The number of hydrogen-bond donors (Lipinski definition) is 1. The van der Waals surface area contributed by atoms with Gasteiger partial charge in [-0.2, -0.15) is 0 Å². The molecule has 0 saturated heterocycles. The Balaban J connectivity index is 1.90. The van der Waals surface area contributed by atoms with Crippen LogP contribution in [0.3, 0.4) is 0 Å². The zero-order chi connectivity index (χ0) is 22.0. The second kappa shape index (κ2) is 8.93. The van der Waals surface area contributed by atoms with Gasteiger partial charge in [-0.3, -0.25) is 4.79 Å². The molecule has 0 aliphatic heterocycles. The van der Waals surface area contributed by atoms with Gasteiger partial charge in [0.15, 0.2) is 11.9 Å². The summed E-state index contributed by atoms with van der Waals surface area (Å²) in [6.07, 6.45) is -2.79. The Labute approximate surface area is 179 Å². The number of benzene rings is 2. The molecule has 0 fully saturated rings. The van der Waals surface area contributed by atoms with Crippen LogP contribution in [0.1, 0.15) is 31.3 Å². The van der Waals surface area contributed by atoms with Crippen LogP contribution in [0.5, 0.6) is 0 Å². The molecule has 0 bridgehead atoms. The van der Waals surface area contributed by atoms with Crippen molar-refractivity contribution in [2.75, 3.05) is 13.2 Å². The zero-order valence-electron chi connectivity index (χ0n) is 17.7. The maximum atomic E-state index is 13.0. The number of carbonyl (C=O) groups is 1. The number of furan rings is 1. The Hall–Kier alpha value is -3.13. The number of aromatic nitrogens is 2. The van der Waals surface area contributed by atoms with Crippen molar-refractivity contribution in [1.29, 1.82) is 0 Å². The Morgan fingerprint density at radius 2 is 1.61 bits per heavy atom. The zero-order valence-corrected chi connectivity index (χ0v) is 17.7. The first kappa shape index (κ1) is 21.1. The van der Waals surface area contributed by atoms with Crippen LogP contribution in [0, 0.1) is 6.92 Å². The van der Waals surface area contributed by atoms with Crippen molar-refractivity contribution in [2.24, 2.45) is 0 Å². The van der Waals surface area contributed by atoms with E-state index in [-0.39, 0.29) is 24.7 Å². The monoisotopic (exact) mass is 420 g/mol. The number of rotatable bonds is 8. The van der Waals surface area contributed by atoms with Gasteiger partial charge in [0.2, 0.25) is 17.8 Å². The second-order valence-corrected chi connectivity index (χ2v) is 7.12. The molecule has 0 aliphatic rings. The lowest BCUT2D eigenvalue weighted by atomic mass is 9.99. The number of carbonyl (C=O) groups excluding carboxylic acids is 1. The van der Waals surface area contributed by atoms with Gasteiger partial charge in [-0.1, -0.05) is 42.0 Å². The van der Waals surface area contributed by atoms with Crippen molar-refractivity contribution in [2.45, 2.75) is 33.2 Å². The molecule has 4 rings (SSSR count). The van der Waals surface area contributed by atoms with E-state index < -0.39 is 18.2 Å². The maximum absolute atomic E-state index is 13.0. The van der Waals surface area contributed by atoms with Gasteiger partial charge >= 0.3 is 0 Å². The number of para-hydroxylation sites is 2. The number of nitrogens with zero attached hydrogens (tertiary/aromatic N) is 2. The average molecular weight is 420 g/mol. The molecule has 0 saturated carbocycles. The highest BCUT2D eigenvalue weighted by molar-refractivity contribution is 5.98. The summed E-state index contributed by atoms with van der Waals surface area (Å²) in [5.74, 6) is -0.566. The summed E-state index contributed by atoms with van der Waals surface area (Å²) >= 11 is 0. The van der Waals surface area contributed by atoms with Crippen molar-refractivity contribution < 1.29 is 23.8 Å². The van der Waals surface area contributed by atoms with Crippen molar-refractivity contribution in [3.63, 3.8) is 0 Å². The summed E-state index contributed by atoms with van der Waals surface area (Å²) < 4.78 is 16.7. The van der Waals surface area contributed by atoms with Crippen LogP contribution in [0.25, 0.3) is 33.4 Å². The maximum Gasteiger partial charge on any atom is 0.246 e. The molecule has 2 aromatic heterocycles. The molecule has 2 aromatic carbocycles. The van der Waals surface area contributed by atoms with E-state index in [4.69, 9.17) is 18.9 Å². The van der Waals surface area contributed by atoms with E-state index in [0.717, 1.165) is 11.1 Å². The first-order chi connectivity index (χ1) is 15.0. The predicted octanol–water partition coefficient (Wildman–Crippen LogP) is 4.35. The molecule has 1 atom stereocenters. The Morgan fingerprint density at radius 1 is 1.00 bits per heavy atom. The number of aliphatic hydroxyl groups excluding tert-OH is 1. The van der Waals surface area contributed by atoms with Gasteiger partial charge in [0.05, 0.1) is 16.6 Å². The van der Waals surface area contributed by atoms with Crippen LogP contribution in [-0.2, 0) is 14.3 Å². The molecule has 4 aromatic rings. The number of ketones is 1. The Morgan fingerprint density at radius 3 is 2.23 bits per heavy atom. The minimum absolute atomic E-state index is 0.0727. The third-order valence-electron chi connectivity index (χ3n) is 4.95. The van der Waals surface area contributed by atoms with E-state index in [9.17, 15) is 9.90 Å². The highest BCUT2D eigenvalue weighted by atomic mass is 16.7. The molecule has 1 N–H and O–H groups in total. The summed E-state index contributed by atoms with van der Waals surface area (Å²) in [6, 6.07) is 15.1. The third-order valence-corrected chi connectivity index (χ3v) is 4.95. The Bertz CT molecular complexity index is 1210. The smallest absolute Gasteiger partial charge is 0.246 e. The minimum Gasteiger partial charge on any atom is -0.437 e.